The van der Waals surface area contributed by atoms with E-state index in [1.807, 2.05) is 43.3 Å². The van der Waals surface area contributed by atoms with Gasteiger partial charge in [0.25, 0.3) is 0 Å². The molecule has 8 nitrogen and oxygen atoms in total. The molecule has 0 atom stereocenters. The average Bonchev–Trinajstić information content (AvgIpc) is 3.02. The summed E-state index contributed by atoms with van der Waals surface area (Å²) in [6.45, 7) is 1.91. The van der Waals surface area contributed by atoms with Gasteiger partial charge in [-0.2, -0.15) is 5.10 Å². The first-order valence-electron chi connectivity index (χ1n) is 9.37. The first kappa shape index (κ1) is 21.1. The maximum Gasteiger partial charge on any atom is 0.180 e. The lowest BCUT2D eigenvalue weighted by atomic mass is 10.2. The van der Waals surface area contributed by atoms with E-state index in [0.717, 1.165) is 27.3 Å². The molecule has 10 heteroatoms. The highest BCUT2D eigenvalue weighted by atomic mass is 35.5. The molecule has 2 aromatic heterocycles. The van der Waals surface area contributed by atoms with E-state index in [1.165, 1.54) is 11.9 Å². The van der Waals surface area contributed by atoms with Crippen molar-refractivity contribution in [3.8, 4) is 11.5 Å². The highest BCUT2D eigenvalue weighted by Crippen LogP contribution is 2.34. The van der Waals surface area contributed by atoms with Crippen molar-refractivity contribution >= 4 is 51.9 Å². The topological polar surface area (TPSA) is 86.1 Å². The highest BCUT2D eigenvalue weighted by Gasteiger charge is 2.15. The lowest BCUT2D eigenvalue weighted by Gasteiger charge is -2.14. The van der Waals surface area contributed by atoms with Gasteiger partial charge in [-0.1, -0.05) is 23.7 Å². The summed E-state index contributed by atoms with van der Waals surface area (Å²) in [4.78, 5) is 10.3. The largest absolute Gasteiger partial charge is 0.497 e. The smallest absolute Gasteiger partial charge is 0.180 e. The molecular weight excluding hydrogens is 436 g/mol. The van der Waals surface area contributed by atoms with Gasteiger partial charge in [-0.15, -0.1) is 0 Å². The van der Waals surface area contributed by atoms with Gasteiger partial charge < -0.3 is 19.5 Å². The highest BCUT2D eigenvalue weighted by molar-refractivity contribution is 8.00. The fraction of sp³-hybridized carbons (Fsp3) is 0.190. The second-order valence-electron chi connectivity index (χ2n) is 6.67. The summed E-state index contributed by atoms with van der Waals surface area (Å²) in [5.74, 6) is 2.44. The van der Waals surface area contributed by atoms with Crippen LogP contribution in [0.2, 0.25) is 5.15 Å². The van der Waals surface area contributed by atoms with E-state index in [4.69, 9.17) is 31.0 Å². The van der Waals surface area contributed by atoms with E-state index < -0.39 is 0 Å². The first-order valence-corrected chi connectivity index (χ1v) is 10.6. The van der Waals surface area contributed by atoms with Crippen LogP contribution in [0.1, 0.15) is 5.69 Å². The zero-order valence-corrected chi connectivity index (χ0v) is 19.0. The summed E-state index contributed by atoms with van der Waals surface area (Å²) < 4.78 is 15.6. The number of hydrogen-bond acceptors (Lipinski definition) is 8. The van der Waals surface area contributed by atoms with Crippen LogP contribution in [0.3, 0.4) is 0 Å². The van der Waals surface area contributed by atoms with Crippen molar-refractivity contribution in [1.29, 1.82) is 0 Å². The van der Waals surface area contributed by atoms with Crippen LogP contribution in [-0.2, 0) is 7.05 Å². The molecule has 0 aliphatic rings. The normalized spacial score (nSPS) is 10.9. The van der Waals surface area contributed by atoms with Crippen molar-refractivity contribution in [2.75, 3.05) is 24.3 Å². The number of fused-ring (bicyclic) bond motifs is 1. The molecule has 0 spiro atoms. The molecule has 4 aromatic rings. The number of anilines is 3. The van der Waals surface area contributed by atoms with Gasteiger partial charge in [-0.05, 0) is 31.0 Å². The zero-order valence-electron chi connectivity index (χ0n) is 17.4. The van der Waals surface area contributed by atoms with E-state index in [-0.39, 0.29) is 0 Å². The van der Waals surface area contributed by atoms with E-state index in [1.54, 1.807) is 32.0 Å². The van der Waals surface area contributed by atoms with Crippen molar-refractivity contribution in [3.63, 3.8) is 0 Å². The summed E-state index contributed by atoms with van der Waals surface area (Å²) in [7, 11) is 5.02. The molecule has 0 saturated carbocycles. The van der Waals surface area contributed by atoms with E-state index in [0.29, 0.717) is 28.3 Å². The van der Waals surface area contributed by atoms with E-state index in [9.17, 15) is 0 Å². The van der Waals surface area contributed by atoms with Gasteiger partial charge in [-0.3, -0.25) is 4.68 Å². The maximum absolute atomic E-state index is 6.37. The molecule has 0 unspecified atom stereocenters. The zero-order chi connectivity index (χ0) is 22.0. The van der Waals surface area contributed by atoms with Crippen molar-refractivity contribution in [2.45, 2.75) is 11.8 Å². The molecule has 31 heavy (non-hydrogen) atoms. The predicted octanol–water partition coefficient (Wildman–Crippen LogP) is 5.21. The van der Waals surface area contributed by atoms with Crippen molar-refractivity contribution in [1.82, 2.24) is 19.7 Å². The van der Waals surface area contributed by atoms with Gasteiger partial charge >= 0.3 is 0 Å². The number of nitrogens with zero attached hydrogens (tertiary/aromatic N) is 4. The number of rotatable bonds is 7. The summed E-state index contributed by atoms with van der Waals surface area (Å²) >= 11 is 7.71. The van der Waals surface area contributed by atoms with Gasteiger partial charge in [0.2, 0.25) is 0 Å². The number of aromatic nitrogens is 4. The number of benzene rings is 2. The second kappa shape index (κ2) is 8.91. The fourth-order valence-corrected chi connectivity index (χ4v) is 4.04. The standard InChI is InChI=1S/C21H21ClN6O2S/c1-12-18(19(22)28(2)26-12)31-27-21-20(24-16-7-5-6-8-17(16)25-21)23-13-9-14(29-3)11-15(10-13)30-4/h5-11H,1-4H3,(H,23,24)(H,25,27). The number of nitrogens with one attached hydrogen (secondary N) is 2. The van der Waals surface area contributed by atoms with Gasteiger partial charge in [0.1, 0.15) is 16.7 Å². The van der Waals surface area contributed by atoms with Crippen LogP contribution in [0.4, 0.5) is 17.3 Å². The predicted molar refractivity (Wildman–Crippen MR) is 125 cm³/mol. The second-order valence-corrected chi connectivity index (χ2v) is 7.84. The Labute approximate surface area is 189 Å². The van der Waals surface area contributed by atoms with Crippen LogP contribution in [0.25, 0.3) is 11.0 Å². The van der Waals surface area contributed by atoms with Crippen LogP contribution in [0.15, 0.2) is 47.4 Å². The van der Waals surface area contributed by atoms with Gasteiger partial charge in [0.15, 0.2) is 11.6 Å². The Kier molecular flexibility index (Phi) is 6.06. The molecule has 2 heterocycles. The minimum atomic E-state index is 0.552. The summed E-state index contributed by atoms with van der Waals surface area (Å²) in [6, 6.07) is 13.2. The number of para-hydroxylation sites is 2. The molecule has 0 fully saturated rings. The Morgan fingerprint density at radius 3 is 2.13 bits per heavy atom. The first-order chi connectivity index (χ1) is 15.0. The Morgan fingerprint density at radius 2 is 1.58 bits per heavy atom. The Balaban J connectivity index is 1.71. The van der Waals surface area contributed by atoms with Crippen LogP contribution in [0.5, 0.6) is 11.5 Å². The third-order valence-electron chi connectivity index (χ3n) is 4.53. The Bertz CT molecular complexity index is 1220. The number of ether oxygens (including phenoxy) is 2. The Morgan fingerprint density at radius 1 is 0.968 bits per heavy atom. The molecule has 0 aliphatic carbocycles. The van der Waals surface area contributed by atoms with Gasteiger partial charge in [-0.25, -0.2) is 9.97 Å². The molecule has 0 radical (unpaired) electrons. The van der Waals surface area contributed by atoms with Crippen molar-refractivity contribution in [2.24, 2.45) is 7.05 Å². The maximum atomic E-state index is 6.37. The lowest BCUT2D eigenvalue weighted by molar-refractivity contribution is 0.395. The number of aryl methyl sites for hydroxylation is 2. The fourth-order valence-electron chi connectivity index (χ4n) is 3.00. The molecule has 2 N–H and O–H groups in total. The lowest BCUT2D eigenvalue weighted by Crippen LogP contribution is -2.03. The van der Waals surface area contributed by atoms with Crippen molar-refractivity contribution in [3.05, 3.63) is 53.3 Å². The average molecular weight is 457 g/mol. The molecule has 2 aromatic carbocycles. The number of hydrogen-bond donors (Lipinski definition) is 2. The van der Waals surface area contributed by atoms with Crippen LogP contribution >= 0.6 is 23.5 Å². The monoisotopic (exact) mass is 456 g/mol. The van der Waals surface area contributed by atoms with Gasteiger partial charge in [0, 0.05) is 30.9 Å². The van der Waals surface area contributed by atoms with Crippen molar-refractivity contribution < 1.29 is 9.47 Å². The third-order valence-corrected chi connectivity index (χ3v) is 6.07. The van der Waals surface area contributed by atoms with E-state index >= 15 is 0 Å². The SMILES string of the molecule is COc1cc(Nc2nc3ccccc3nc2NSc2c(C)nn(C)c2Cl)cc(OC)c1. The van der Waals surface area contributed by atoms with E-state index in [2.05, 4.69) is 15.1 Å². The minimum Gasteiger partial charge on any atom is -0.497 e. The third kappa shape index (κ3) is 4.47. The number of methoxy groups -OCH3 is 2. The molecule has 0 amide bonds. The molecular formula is C21H21ClN6O2S. The molecule has 0 bridgehead atoms. The summed E-state index contributed by atoms with van der Waals surface area (Å²) in [5.41, 5.74) is 3.12. The summed E-state index contributed by atoms with van der Waals surface area (Å²) in [6.07, 6.45) is 0. The molecule has 4 rings (SSSR count). The minimum absolute atomic E-state index is 0.552. The van der Waals surface area contributed by atoms with Gasteiger partial charge in [0.05, 0.1) is 35.8 Å². The molecule has 0 aliphatic heterocycles. The molecule has 0 saturated heterocycles. The molecule has 160 valence electrons. The Hall–Kier alpha value is -3.17. The number of halogens is 1. The van der Waals surface area contributed by atoms with Crippen LogP contribution < -0.4 is 19.5 Å². The van der Waals surface area contributed by atoms with Crippen LogP contribution in [-0.4, -0.2) is 34.0 Å². The van der Waals surface area contributed by atoms with Crippen LogP contribution in [0, 0.1) is 6.92 Å². The summed E-state index contributed by atoms with van der Waals surface area (Å²) in [5, 5.41) is 8.22. The quantitative estimate of drug-likeness (QED) is 0.367.